The predicted octanol–water partition coefficient (Wildman–Crippen LogP) is 3.77. The second-order valence-electron chi connectivity index (χ2n) is 10.7. The van der Waals surface area contributed by atoms with E-state index in [9.17, 15) is 14.7 Å². The van der Waals surface area contributed by atoms with Crippen molar-refractivity contribution in [2.45, 2.75) is 50.7 Å². The van der Waals surface area contributed by atoms with Crippen molar-refractivity contribution in [3.63, 3.8) is 0 Å². The van der Waals surface area contributed by atoms with Crippen LogP contribution in [0.3, 0.4) is 0 Å². The topological polar surface area (TPSA) is 93.2 Å². The minimum atomic E-state index is -0.348. The Hall–Kier alpha value is -3.78. The van der Waals surface area contributed by atoms with Crippen molar-refractivity contribution in [1.82, 2.24) is 24.2 Å². The lowest BCUT2D eigenvalue weighted by atomic mass is 9.73. The van der Waals surface area contributed by atoms with Crippen LogP contribution in [0.4, 0.5) is 0 Å². The fraction of sp³-hybridized carbons (Fsp3) is 0.400. The zero-order chi connectivity index (χ0) is 26.1. The first kappa shape index (κ1) is 24.6. The number of nitrogens with zero attached hydrogens (tertiary/aromatic N) is 5. The molecule has 38 heavy (non-hydrogen) atoms. The molecule has 2 aromatic heterocycles. The van der Waals surface area contributed by atoms with E-state index >= 15 is 0 Å². The highest BCUT2D eigenvalue weighted by Crippen LogP contribution is 2.39. The standard InChI is InChI=1S/C30H33N5O3/c36-24-11-12-25(26(17-24)22-7-3-1-4-8-22)29(37)33-15-13-21(14-16-33)19-34-20-31-28-27(30(34)38)18-32-35(28)23-9-5-2-6-10-23/h1-10,18,20-21,24-26,36H,11-17,19H2. The Kier molecular flexibility index (Phi) is 6.81. The number of para-hydroxylation sites is 1. The van der Waals surface area contributed by atoms with Crippen LogP contribution in [0.25, 0.3) is 16.7 Å². The zero-order valence-corrected chi connectivity index (χ0v) is 21.4. The lowest BCUT2D eigenvalue weighted by Gasteiger charge is -2.39. The van der Waals surface area contributed by atoms with Gasteiger partial charge in [-0.25, -0.2) is 9.67 Å². The second kappa shape index (κ2) is 10.5. The van der Waals surface area contributed by atoms with Gasteiger partial charge in [0.2, 0.25) is 5.91 Å². The first-order valence-electron chi connectivity index (χ1n) is 13.6. The van der Waals surface area contributed by atoms with Crippen LogP contribution in [0.1, 0.15) is 43.6 Å². The molecule has 4 aromatic rings. The number of rotatable bonds is 5. The second-order valence-corrected chi connectivity index (χ2v) is 10.7. The van der Waals surface area contributed by atoms with Gasteiger partial charge in [-0.3, -0.25) is 14.2 Å². The fourth-order valence-corrected chi connectivity index (χ4v) is 6.20. The van der Waals surface area contributed by atoms with Gasteiger partial charge in [0.1, 0.15) is 5.39 Å². The summed E-state index contributed by atoms with van der Waals surface area (Å²) < 4.78 is 3.38. The van der Waals surface area contributed by atoms with Crippen molar-refractivity contribution in [3.8, 4) is 5.69 Å². The summed E-state index contributed by atoms with van der Waals surface area (Å²) in [6.07, 6.45) is 6.61. The van der Waals surface area contributed by atoms with Crippen molar-refractivity contribution >= 4 is 16.9 Å². The highest BCUT2D eigenvalue weighted by molar-refractivity contribution is 5.80. The van der Waals surface area contributed by atoms with E-state index in [1.54, 1.807) is 21.8 Å². The molecule has 1 N–H and O–H groups in total. The molecule has 0 spiro atoms. The largest absolute Gasteiger partial charge is 0.393 e. The summed E-state index contributed by atoms with van der Waals surface area (Å²) in [7, 11) is 0. The third-order valence-corrected chi connectivity index (χ3v) is 8.30. The van der Waals surface area contributed by atoms with Gasteiger partial charge in [-0.05, 0) is 61.6 Å². The number of amides is 1. The molecule has 3 atom stereocenters. The van der Waals surface area contributed by atoms with E-state index in [-0.39, 0.29) is 29.4 Å². The van der Waals surface area contributed by atoms with Crippen molar-refractivity contribution in [2.75, 3.05) is 13.1 Å². The van der Waals surface area contributed by atoms with E-state index in [0.29, 0.717) is 49.4 Å². The molecular weight excluding hydrogens is 478 g/mol. The number of likely N-dealkylation sites (tertiary alicyclic amines) is 1. The number of hydrogen-bond donors (Lipinski definition) is 1. The number of aliphatic hydroxyl groups is 1. The van der Waals surface area contributed by atoms with Crippen molar-refractivity contribution in [3.05, 3.63) is 89.1 Å². The van der Waals surface area contributed by atoms with E-state index in [0.717, 1.165) is 30.5 Å². The van der Waals surface area contributed by atoms with Crippen molar-refractivity contribution in [2.24, 2.45) is 11.8 Å². The Labute approximate surface area is 221 Å². The molecule has 1 aliphatic heterocycles. The monoisotopic (exact) mass is 511 g/mol. The number of hydrogen-bond acceptors (Lipinski definition) is 5. The smallest absolute Gasteiger partial charge is 0.264 e. The van der Waals surface area contributed by atoms with E-state index < -0.39 is 0 Å². The minimum absolute atomic E-state index is 0.0540. The number of benzene rings is 2. The number of fused-ring (bicyclic) bond motifs is 1. The third-order valence-electron chi connectivity index (χ3n) is 8.30. The maximum atomic E-state index is 13.6. The van der Waals surface area contributed by atoms with E-state index in [2.05, 4.69) is 22.2 Å². The Morgan fingerprint density at radius 2 is 1.66 bits per heavy atom. The lowest BCUT2D eigenvalue weighted by molar-refractivity contribution is -0.139. The molecule has 196 valence electrons. The molecule has 6 rings (SSSR count). The van der Waals surface area contributed by atoms with Crippen LogP contribution in [0, 0.1) is 11.8 Å². The summed E-state index contributed by atoms with van der Waals surface area (Å²) >= 11 is 0. The predicted molar refractivity (Wildman–Crippen MR) is 145 cm³/mol. The number of carbonyl (C=O) groups excluding carboxylic acids is 1. The number of piperidine rings is 1. The third kappa shape index (κ3) is 4.76. The summed E-state index contributed by atoms with van der Waals surface area (Å²) in [6, 6.07) is 19.8. The maximum absolute atomic E-state index is 13.6. The summed E-state index contributed by atoms with van der Waals surface area (Å²) in [4.78, 5) is 33.4. The molecule has 1 aliphatic carbocycles. The van der Waals surface area contributed by atoms with E-state index in [1.807, 2.05) is 53.4 Å². The Bertz CT molecular complexity index is 1460. The molecule has 2 aromatic carbocycles. The average molecular weight is 512 g/mol. The van der Waals surface area contributed by atoms with Gasteiger partial charge in [0.25, 0.3) is 5.56 Å². The first-order chi connectivity index (χ1) is 18.6. The molecule has 3 heterocycles. The van der Waals surface area contributed by atoms with Crippen molar-refractivity contribution in [1.29, 1.82) is 0 Å². The van der Waals surface area contributed by atoms with Crippen LogP contribution in [0.2, 0.25) is 0 Å². The normalized spacial score (nSPS) is 22.6. The van der Waals surface area contributed by atoms with Crippen LogP contribution < -0.4 is 5.56 Å². The highest BCUT2D eigenvalue weighted by Gasteiger charge is 2.38. The number of aromatic nitrogens is 4. The maximum Gasteiger partial charge on any atom is 0.264 e. The van der Waals surface area contributed by atoms with Crippen LogP contribution in [0.15, 0.2) is 78.0 Å². The zero-order valence-electron chi connectivity index (χ0n) is 21.4. The molecule has 3 unspecified atom stereocenters. The minimum Gasteiger partial charge on any atom is -0.393 e. The SMILES string of the molecule is O=C(C1CCC(O)CC1c1ccccc1)N1CCC(Cn2cnc3c(cnn3-c3ccccc3)c2=O)CC1. The molecule has 2 aliphatic rings. The molecule has 1 saturated heterocycles. The summed E-state index contributed by atoms with van der Waals surface area (Å²) in [5.41, 5.74) is 2.48. The van der Waals surface area contributed by atoms with Gasteiger partial charge in [-0.15, -0.1) is 0 Å². The van der Waals surface area contributed by atoms with Gasteiger partial charge in [-0.2, -0.15) is 5.10 Å². The Morgan fingerprint density at radius 3 is 2.39 bits per heavy atom. The van der Waals surface area contributed by atoms with Crippen LogP contribution in [-0.4, -0.2) is 54.4 Å². The molecule has 0 radical (unpaired) electrons. The summed E-state index contributed by atoms with van der Waals surface area (Å²) in [5, 5.41) is 15.2. The molecule has 1 amide bonds. The highest BCUT2D eigenvalue weighted by atomic mass is 16.3. The molecule has 0 bridgehead atoms. The molecule has 2 fully saturated rings. The summed E-state index contributed by atoms with van der Waals surface area (Å²) in [6.45, 7) is 1.98. The van der Waals surface area contributed by atoms with Gasteiger partial charge >= 0.3 is 0 Å². The quantitative estimate of drug-likeness (QED) is 0.440. The average Bonchev–Trinajstić information content (AvgIpc) is 3.40. The molecule has 1 saturated carbocycles. The molecule has 8 nitrogen and oxygen atoms in total. The number of aliphatic hydroxyl groups excluding tert-OH is 1. The molecule has 8 heteroatoms. The van der Waals surface area contributed by atoms with Gasteiger partial charge in [-0.1, -0.05) is 48.5 Å². The lowest BCUT2D eigenvalue weighted by Crippen LogP contribution is -2.45. The fourth-order valence-electron chi connectivity index (χ4n) is 6.20. The van der Waals surface area contributed by atoms with Crippen LogP contribution >= 0.6 is 0 Å². The Balaban J connectivity index is 1.12. The van der Waals surface area contributed by atoms with Gasteiger partial charge in [0, 0.05) is 25.6 Å². The first-order valence-corrected chi connectivity index (χ1v) is 13.6. The van der Waals surface area contributed by atoms with Gasteiger partial charge in [0.05, 0.1) is 24.3 Å². The van der Waals surface area contributed by atoms with E-state index in [1.165, 1.54) is 0 Å². The van der Waals surface area contributed by atoms with Crippen molar-refractivity contribution < 1.29 is 9.90 Å². The van der Waals surface area contributed by atoms with E-state index in [4.69, 9.17) is 0 Å². The van der Waals surface area contributed by atoms with Gasteiger partial charge in [0.15, 0.2) is 5.65 Å². The summed E-state index contributed by atoms with van der Waals surface area (Å²) in [5.74, 6) is 0.474. The van der Waals surface area contributed by atoms with Crippen LogP contribution in [-0.2, 0) is 11.3 Å². The van der Waals surface area contributed by atoms with Crippen LogP contribution in [0.5, 0.6) is 0 Å². The van der Waals surface area contributed by atoms with Gasteiger partial charge < -0.3 is 10.0 Å². The molecular formula is C30H33N5O3. The Morgan fingerprint density at radius 1 is 0.947 bits per heavy atom. The number of carbonyl (C=O) groups is 1.